The third-order valence-corrected chi connectivity index (χ3v) is 4.27. The molecule has 2 saturated heterocycles. The fourth-order valence-corrected chi connectivity index (χ4v) is 2.99. The topological polar surface area (TPSA) is 6.48 Å². The van der Waals surface area contributed by atoms with Crippen LogP contribution < -0.4 is 4.90 Å². The molecule has 0 spiro atoms. The lowest BCUT2D eigenvalue weighted by atomic mass is 9.94. The van der Waals surface area contributed by atoms with Gasteiger partial charge in [0.1, 0.15) is 5.82 Å². The van der Waals surface area contributed by atoms with Crippen LogP contribution in [0.15, 0.2) is 24.3 Å². The first-order valence-electron chi connectivity index (χ1n) is 8.86. The van der Waals surface area contributed by atoms with Crippen molar-refractivity contribution in [2.24, 2.45) is 5.92 Å². The van der Waals surface area contributed by atoms with Gasteiger partial charge in [0.2, 0.25) is 0 Å². The highest BCUT2D eigenvalue weighted by molar-refractivity contribution is 7.97. The molecule has 2 heterocycles. The maximum Gasteiger partial charge on any atom is 0.146 e. The molecule has 23 heavy (non-hydrogen) atoms. The van der Waals surface area contributed by atoms with Crippen LogP contribution in [0.4, 0.5) is 10.1 Å². The van der Waals surface area contributed by atoms with Gasteiger partial charge in [0.05, 0.1) is 5.69 Å². The Hall–Kier alpha value is -0.740. The number of para-hydroxylation sites is 1. The number of likely N-dealkylation sites (tertiary alicyclic amines) is 1. The Kier molecular flexibility index (Phi) is 10.4. The summed E-state index contributed by atoms with van der Waals surface area (Å²) in [6.07, 6.45) is 7.85. The Morgan fingerprint density at radius 1 is 1.04 bits per heavy atom. The largest absolute Gasteiger partial charge is 0.369 e. The minimum atomic E-state index is -0.0845. The monoisotopic (exact) mass is 340 g/mol. The number of benzene rings is 1. The van der Waals surface area contributed by atoms with Crippen molar-refractivity contribution >= 4 is 17.4 Å². The van der Waals surface area contributed by atoms with Gasteiger partial charge in [-0.15, -0.1) is 0 Å². The van der Waals surface area contributed by atoms with Crippen LogP contribution in [0.1, 0.15) is 33.1 Å². The van der Waals surface area contributed by atoms with Gasteiger partial charge in [0.15, 0.2) is 0 Å². The summed E-state index contributed by atoms with van der Waals surface area (Å²) < 4.78 is 13.7. The molecule has 2 aliphatic rings. The summed E-state index contributed by atoms with van der Waals surface area (Å²) in [5, 5.41) is 0. The molecule has 0 N–H and O–H groups in total. The van der Waals surface area contributed by atoms with E-state index < -0.39 is 0 Å². The van der Waals surface area contributed by atoms with E-state index in [4.69, 9.17) is 0 Å². The zero-order valence-corrected chi connectivity index (χ0v) is 16.0. The van der Waals surface area contributed by atoms with Gasteiger partial charge in [0.25, 0.3) is 0 Å². The first-order valence-corrected chi connectivity index (χ1v) is 10.5. The number of halogens is 1. The molecule has 0 saturated carbocycles. The molecule has 1 aromatic rings. The number of thioether (sulfide) groups is 1. The predicted octanol–water partition coefficient (Wildman–Crippen LogP) is 4.75. The quantitative estimate of drug-likeness (QED) is 0.784. The zero-order chi connectivity index (χ0) is 17.1. The highest BCUT2D eigenvalue weighted by atomic mass is 32.2. The van der Waals surface area contributed by atoms with Crippen molar-refractivity contribution in [1.82, 2.24) is 4.90 Å². The number of rotatable bonds is 3. The molecular weight excluding hydrogens is 307 g/mol. The molecule has 1 aromatic carbocycles. The third kappa shape index (κ3) is 6.72. The van der Waals surface area contributed by atoms with E-state index in [2.05, 4.69) is 9.80 Å². The van der Waals surface area contributed by atoms with Crippen molar-refractivity contribution in [3.8, 4) is 0 Å². The second-order valence-electron chi connectivity index (χ2n) is 5.94. The molecule has 0 atom stereocenters. The van der Waals surface area contributed by atoms with Gasteiger partial charge in [-0.3, -0.25) is 0 Å². The maximum absolute atomic E-state index is 13.7. The van der Waals surface area contributed by atoms with E-state index in [1.807, 2.05) is 38.5 Å². The van der Waals surface area contributed by atoms with Crippen molar-refractivity contribution in [2.45, 2.75) is 33.1 Å². The molecule has 2 nitrogen and oxygen atoms in total. The number of anilines is 1. The minimum Gasteiger partial charge on any atom is -0.369 e. The van der Waals surface area contributed by atoms with Gasteiger partial charge in [-0.25, -0.2) is 4.39 Å². The van der Waals surface area contributed by atoms with Crippen molar-refractivity contribution < 1.29 is 4.39 Å². The van der Waals surface area contributed by atoms with Crippen molar-refractivity contribution in [3.05, 3.63) is 30.1 Å². The molecule has 2 fully saturated rings. The highest BCUT2D eigenvalue weighted by Crippen LogP contribution is 2.26. The third-order valence-electron chi connectivity index (χ3n) is 4.27. The fraction of sp³-hybridized carbons (Fsp3) is 0.684. The lowest BCUT2D eigenvalue weighted by molar-refractivity contribution is 0.141. The minimum absolute atomic E-state index is 0.0845. The average Bonchev–Trinajstić information content (AvgIpc) is 2.55. The van der Waals surface area contributed by atoms with E-state index in [1.165, 1.54) is 38.9 Å². The standard InChI is InChI=1S/C15H21FN2.C2H6S.C2H6/c16-14-4-1-2-5-15(14)18-10-6-13(7-11-18)12-17-8-3-9-17;1-3-2;1-2/h1-2,4-5,13H,3,6-12H2;1-2H3;1-2H3. The van der Waals surface area contributed by atoms with Crippen molar-refractivity contribution in [1.29, 1.82) is 0 Å². The molecule has 2 aliphatic heterocycles. The van der Waals surface area contributed by atoms with Crippen LogP contribution in [0.3, 0.4) is 0 Å². The Morgan fingerprint density at radius 2 is 1.61 bits per heavy atom. The van der Waals surface area contributed by atoms with Gasteiger partial charge in [-0.05, 0) is 62.9 Å². The number of piperidine rings is 1. The molecule has 0 amide bonds. The Morgan fingerprint density at radius 3 is 2.09 bits per heavy atom. The molecule has 0 aliphatic carbocycles. The number of hydrogen-bond donors (Lipinski definition) is 0. The molecule has 0 bridgehead atoms. The summed E-state index contributed by atoms with van der Waals surface area (Å²) in [7, 11) is 0. The van der Waals surface area contributed by atoms with Crippen LogP contribution in [0.25, 0.3) is 0 Å². The fourth-order valence-electron chi connectivity index (χ4n) is 2.99. The summed E-state index contributed by atoms with van der Waals surface area (Å²) in [5.74, 6) is 0.729. The first kappa shape index (κ1) is 20.3. The SMILES string of the molecule is CC.CSC.Fc1ccccc1N1CCC(CN2CCC2)CC1. The Balaban J connectivity index is 0.000000477. The van der Waals surface area contributed by atoms with Gasteiger partial charge in [0, 0.05) is 19.6 Å². The average molecular weight is 341 g/mol. The van der Waals surface area contributed by atoms with E-state index in [-0.39, 0.29) is 5.82 Å². The highest BCUT2D eigenvalue weighted by Gasteiger charge is 2.24. The molecule has 4 heteroatoms. The number of nitrogens with zero attached hydrogens (tertiary/aromatic N) is 2. The Bertz CT molecular complexity index is 416. The second kappa shape index (κ2) is 11.7. The van der Waals surface area contributed by atoms with Gasteiger partial charge >= 0.3 is 0 Å². The van der Waals surface area contributed by atoms with Crippen LogP contribution in [0.2, 0.25) is 0 Å². The van der Waals surface area contributed by atoms with E-state index in [0.29, 0.717) is 0 Å². The van der Waals surface area contributed by atoms with Gasteiger partial charge in [-0.2, -0.15) is 11.8 Å². The van der Waals surface area contributed by atoms with E-state index in [0.717, 1.165) is 24.7 Å². The van der Waals surface area contributed by atoms with E-state index in [9.17, 15) is 4.39 Å². The van der Waals surface area contributed by atoms with Crippen LogP contribution in [-0.2, 0) is 0 Å². The lowest BCUT2D eigenvalue weighted by Gasteiger charge is -2.39. The smallest absolute Gasteiger partial charge is 0.146 e. The van der Waals surface area contributed by atoms with Crippen LogP contribution in [0, 0.1) is 11.7 Å². The molecule has 0 aromatic heterocycles. The normalized spacial score (nSPS) is 18.2. The van der Waals surface area contributed by atoms with Crippen LogP contribution in [0.5, 0.6) is 0 Å². The van der Waals surface area contributed by atoms with Crippen molar-refractivity contribution in [3.63, 3.8) is 0 Å². The van der Waals surface area contributed by atoms with Crippen molar-refractivity contribution in [2.75, 3.05) is 50.1 Å². The summed E-state index contributed by atoms with van der Waals surface area (Å²) in [5.41, 5.74) is 0.778. The van der Waals surface area contributed by atoms with E-state index >= 15 is 0 Å². The van der Waals surface area contributed by atoms with E-state index in [1.54, 1.807) is 23.9 Å². The lowest BCUT2D eigenvalue weighted by Crippen LogP contribution is -2.44. The van der Waals surface area contributed by atoms with Crippen LogP contribution in [-0.4, -0.2) is 50.1 Å². The van der Waals surface area contributed by atoms with Crippen LogP contribution >= 0.6 is 11.8 Å². The maximum atomic E-state index is 13.7. The molecule has 0 unspecified atom stereocenters. The summed E-state index contributed by atoms with van der Waals surface area (Å²) in [6.45, 7) is 9.82. The molecule has 0 radical (unpaired) electrons. The summed E-state index contributed by atoms with van der Waals surface area (Å²) in [4.78, 5) is 4.74. The zero-order valence-electron chi connectivity index (χ0n) is 15.2. The van der Waals surface area contributed by atoms with Gasteiger partial charge < -0.3 is 9.80 Å². The first-order chi connectivity index (χ1) is 11.2. The second-order valence-corrected chi connectivity index (χ2v) is 6.76. The predicted molar refractivity (Wildman–Crippen MR) is 103 cm³/mol. The molecular formula is C19H33FN2S. The Labute approximate surface area is 146 Å². The summed E-state index contributed by atoms with van der Waals surface area (Å²) in [6, 6.07) is 7.13. The molecule has 132 valence electrons. The van der Waals surface area contributed by atoms with Gasteiger partial charge in [-0.1, -0.05) is 26.0 Å². The number of hydrogen-bond acceptors (Lipinski definition) is 3. The molecule has 3 rings (SSSR count). The summed E-state index contributed by atoms with van der Waals surface area (Å²) >= 11 is 1.75.